The highest BCUT2D eigenvalue weighted by atomic mass is 35.5. The smallest absolute Gasteiger partial charge is 0.231 e. The molecular weight excluding hydrogens is 282 g/mol. The summed E-state index contributed by atoms with van der Waals surface area (Å²) in [4.78, 5) is 17.2. The minimum absolute atomic E-state index is 0.268. The van der Waals surface area contributed by atoms with Crippen molar-refractivity contribution >= 4 is 35.3 Å². The molecule has 7 heteroatoms. The van der Waals surface area contributed by atoms with E-state index in [2.05, 4.69) is 38.6 Å². The minimum Gasteiger partial charge on any atom is -0.341 e. The third-order valence-electron chi connectivity index (χ3n) is 3.40. The predicted molar refractivity (Wildman–Crippen MR) is 82.5 cm³/mol. The Bertz CT molecular complexity index is 421. The Balaban J connectivity index is 2.24. The molecule has 19 heavy (non-hydrogen) atoms. The first-order valence-corrected chi connectivity index (χ1v) is 8.16. The second-order valence-corrected chi connectivity index (χ2v) is 5.99. The van der Waals surface area contributed by atoms with Crippen molar-refractivity contribution in [2.75, 3.05) is 41.4 Å². The minimum atomic E-state index is 0.268. The van der Waals surface area contributed by atoms with Crippen molar-refractivity contribution in [1.82, 2.24) is 15.0 Å². The maximum absolute atomic E-state index is 6.04. The van der Waals surface area contributed by atoms with Gasteiger partial charge in [-0.1, -0.05) is 0 Å². The molecule has 1 saturated heterocycles. The van der Waals surface area contributed by atoms with Crippen LogP contribution in [0, 0.1) is 0 Å². The van der Waals surface area contributed by atoms with Crippen LogP contribution in [-0.4, -0.2) is 52.6 Å². The van der Waals surface area contributed by atoms with Crippen LogP contribution in [0.5, 0.6) is 0 Å². The molecule has 2 heterocycles. The first kappa shape index (κ1) is 14.7. The van der Waals surface area contributed by atoms with Gasteiger partial charge in [-0.2, -0.15) is 26.7 Å². The van der Waals surface area contributed by atoms with E-state index in [0.717, 1.165) is 18.8 Å². The number of rotatable bonds is 5. The molecule has 0 radical (unpaired) electrons. The van der Waals surface area contributed by atoms with Crippen molar-refractivity contribution in [2.45, 2.75) is 26.3 Å². The molecule has 1 unspecified atom stereocenters. The molecule has 1 aromatic heterocycles. The quantitative estimate of drug-likeness (QED) is 0.831. The number of halogens is 1. The van der Waals surface area contributed by atoms with Crippen molar-refractivity contribution in [3.05, 3.63) is 5.28 Å². The summed E-state index contributed by atoms with van der Waals surface area (Å²) in [6, 6.07) is 0.494. The summed E-state index contributed by atoms with van der Waals surface area (Å²) >= 11 is 8.01. The van der Waals surface area contributed by atoms with Gasteiger partial charge in [0.15, 0.2) is 0 Å². The predicted octanol–water partition coefficient (Wildman–Crippen LogP) is 2.31. The Labute approximate surface area is 123 Å². The van der Waals surface area contributed by atoms with Crippen LogP contribution in [-0.2, 0) is 0 Å². The Morgan fingerprint density at radius 3 is 2.47 bits per heavy atom. The fourth-order valence-corrected chi connectivity index (χ4v) is 3.54. The highest BCUT2D eigenvalue weighted by Crippen LogP contribution is 2.25. The first-order chi connectivity index (χ1) is 9.15. The van der Waals surface area contributed by atoms with Crippen molar-refractivity contribution in [3.8, 4) is 0 Å². The van der Waals surface area contributed by atoms with E-state index in [0.29, 0.717) is 17.9 Å². The van der Waals surface area contributed by atoms with E-state index >= 15 is 0 Å². The molecule has 0 aromatic carbocycles. The number of hydrogen-bond donors (Lipinski definition) is 0. The van der Waals surface area contributed by atoms with E-state index in [-0.39, 0.29) is 5.28 Å². The van der Waals surface area contributed by atoms with E-state index in [1.807, 2.05) is 18.8 Å². The molecule has 1 fully saturated rings. The van der Waals surface area contributed by atoms with Gasteiger partial charge in [-0.15, -0.1) is 0 Å². The average Bonchev–Trinajstić information content (AvgIpc) is 2.92. The van der Waals surface area contributed by atoms with Gasteiger partial charge < -0.3 is 9.80 Å². The molecule has 0 amide bonds. The molecule has 0 bridgehead atoms. The largest absolute Gasteiger partial charge is 0.341 e. The van der Waals surface area contributed by atoms with Gasteiger partial charge in [0, 0.05) is 31.9 Å². The van der Waals surface area contributed by atoms with Crippen LogP contribution in [0.25, 0.3) is 0 Å². The van der Waals surface area contributed by atoms with Gasteiger partial charge in [-0.25, -0.2) is 0 Å². The number of nitrogens with zero attached hydrogens (tertiary/aromatic N) is 5. The zero-order chi connectivity index (χ0) is 13.8. The third-order valence-corrected chi connectivity index (χ3v) is 4.71. The summed E-state index contributed by atoms with van der Waals surface area (Å²) < 4.78 is 0. The maximum Gasteiger partial charge on any atom is 0.231 e. The van der Waals surface area contributed by atoms with Crippen LogP contribution in [0.15, 0.2) is 0 Å². The highest BCUT2D eigenvalue weighted by Gasteiger charge is 2.23. The average molecular weight is 302 g/mol. The Kier molecular flexibility index (Phi) is 5.10. The van der Waals surface area contributed by atoms with E-state index < -0.39 is 0 Å². The molecule has 106 valence electrons. The first-order valence-electron chi connectivity index (χ1n) is 6.62. The molecule has 2 rings (SSSR count). The molecule has 0 aliphatic carbocycles. The number of aromatic nitrogens is 3. The normalized spacial score (nSPS) is 18.6. The van der Waals surface area contributed by atoms with Crippen LogP contribution >= 0.6 is 23.4 Å². The number of hydrogen-bond acceptors (Lipinski definition) is 6. The van der Waals surface area contributed by atoms with Crippen molar-refractivity contribution in [1.29, 1.82) is 0 Å². The van der Waals surface area contributed by atoms with Gasteiger partial charge in [0.25, 0.3) is 0 Å². The lowest BCUT2D eigenvalue weighted by Crippen LogP contribution is -2.34. The topological polar surface area (TPSA) is 45.2 Å². The summed E-state index contributed by atoms with van der Waals surface area (Å²) in [6.07, 6.45) is 1.17. The standard InChI is InChI=1S/C12H20ClN5S/c1-4-18(5-2)12-15-10(13)14-11(16-12)17(3)9-6-7-19-8-9/h9H,4-8H2,1-3H3. The van der Waals surface area contributed by atoms with Gasteiger partial charge in [0.05, 0.1) is 0 Å². The molecule has 0 spiro atoms. The van der Waals surface area contributed by atoms with Gasteiger partial charge in [-0.05, 0) is 37.6 Å². The Hall–Kier alpha value is -0.750. The molecular formula is C12H20ClN5S. The highest BCUT2D eigenvalue weighted by molar-refractivity contribution is 7.99. The number of anilines is 2. The summed E-state index contributed by atoms with van der Waals surface area (Å²) in [5, 5.41) is 0.268. The Morgan fingerprint density at radius 1 is 1.21 bits per heavy atom. The van der Waals surface area contributed by atoms with Crippen LogP contribution < -0.4 is 9.80 Å². The summed E-state index contributed by atoms with van der Waals surface area (Å²) in [5.41, 5.74) is 0. The van der Waals surface area contributed by atoms with Crippen LogP contribution in [0.3, 0.4) is 0 Å². The van der Waals surface area contributed by atoms with Crippen LogP contribution in [0.4, 0.5) is 11.9 Å². The van der Waals surface area contributed by atoms with Gasteiger partial charge in [-0.3, -0.25) is 0 Å². The second kappa shape index (κ2) is 6.61. The Morgan fingerprint density at radius 2 is 1.89 bits per heavy atom. The zero-order valence-electron chi connectivity index (χ0n) is 11.6. The fraction of sp³-hybridized carbons (Fsp3) is 0.750. The van der Waals surface area contributed by atoms with Gasteiger partial charge in [0.2, 0.25) is 17.2 Å². The lowest BCUT2D eigenvalue weighted by Gasteiger charge is -2.25. The van der Waals surface area contributed by atoms with Gasteiger partial charge >= 0.3 is 0 Å². The van der Waals surface area contributed by atoms with E-state index in [1.54, 1.807) is 0 Å². The van der Waals surface area contributed by atoms with Crippen molar-refractivity contribution in [2.24, 2.45) is 0 Å². The van der Waals surface area contributed by atoms with E-state index in [9.17, 15) is 0 Å². The summed E-state index contributed by atoms with van der Waals surface area (Å²) in [7, 11) is 2.04. The lowest BCUT2D eigenvalue weighted by molar-refractivity contribution is 0.676. The third kappa shape index (κ3) is 3.42. The van der Waals surface area contributed by atoms with Crippen LogP contribution in [0.1, 0.15) is 20.3 Å². The summed E-state index contributed by atoms with van der Waals surface area (Å²) in [6.45, 7) is 5.88. The van der Waals surface area contributed by atoms with Crippen molar-refractivity contribution < 1.29 is 0 Å². The SMILES string of the molecule is CCN(CC)c1nc(Cl)nc(N(C)C2CCSC2)n1. The molecule has 0 N–H and O–H groups in total. The lowest BCUT2D eigenvalue weighted by atomic mass is 10.2. The molecule has 0 saturated carbocycles. The van der Waals surface area contributed by atoms with Gasteiger partial charge in [0.1, 0.15) is 0 Å². The van der Waals surface area contributed by atoms with E-state index in [4.69, 9.17) is 11.6 Å². The molecule has 1 aliphatic heterocycles. The maximum atomic E-state index is 6.04. The van der Waals surface area contributed by atoms with Crippen molar-refractivity contribution in [3.63, 3.8) is 0 Å². The van der Waals surface area contributed by atoms with E-state index in [1.165, 1.54) is 12.2 Å². The molecule has 1 aliphatic rings. The monoisotopic (exact) mass is 301 g/mol. The summed E-state index contributed by atoms with van der Waals surface area (Å²) in [5.74, 6) is 3.67. The molecule has 1 atom stereocenters. The number of thioether (sulfide) groups is 1. The zero-order valence-corrected chi connectivity index (χ0v) is 13.2. The van der Waals surface area contributed by atoms with Crippen LogP contribution in [0.2, 0.25) is 5.28 Å². The fourth-order valence-electron chi connectivity index (χ4n) is 2.13. The molecule has 1 aromatic rings. The second-order valence-electron chi connectivity index (χ2n) is 4.51. The molecule has 5 nitrogen and oxygen atoms in total.